The van der Waals surface area contributed by atoms with Gasteiger partial charge in [-0.2, -0.15) is 0 Å². The number of amides is 1. The Morgan fingerprint density at radius 2 is 1.94 bits per heavy atom. The quantitative estimate of drug-likeness (QED) is 0.654. The molecule has 0 aromatic carbocycles. The fourth-order valence-corrected chi connectivity index (χ4v) is 1.62. The van der Waals surface area contributed by atoms with Gasteiger partial charge in [0, 0.05) is 27.3 Å². The Morgan fingerprint density at radius 3 is 2.38 bits per heavy atom. The summed E-state index contributed by atoms with van der Waals surface area (Å²) in [5.41, 5.74) is 0. The van der Waals surface area contributed by atoms with Crippen LogP contribution >= 0.6 is 0 Å². The van der Waals surface area contributed by atoms with Crippen LogP contribution in [-0.4, -0.2) is 39.3 Å². The molecule has 4 nitrogen and oxygen atoms in total. The second-order valence-electron chi connectivity index (χ2n) is 4.77. The highest BCUT2D eigenvalue weighted by Gasteiger charge is 2.18. The summed E-state index contributed by atoms with van der Waals surface area (Å²) in [4.78, 5) is 11.6. The third kappa shape index (κ3) is 6.80. The van der Waals surface area contributed by atoms with Gasteiger partial charge in [0.05, 0.1) is 6.04 Å². The molecule has 96 valence electrons. The smallest absolute Gasteiger partial charge is 0.236 e. The lowest BCUT2D eigenvalue weighted by atomic mass is 10.0. The van der Waals surface area contributed by atoms with E-state index in [1.54, 1.807) is 14.2 Å². The first kappa shape index (κ1) is 15.4. The Kier molecular flexibility index (Phi) is 8.21. The zero-order chi connectivity index (χ0) is 12.6. The third-order valence-corrected chi connectivity index (χ3v) is 2.43. The highest BCUT2D eigenvalue weighted by molar-refractivity contribution is 5.81. The monoisotopic (exact) mass is 230 g/mol. The van der Waals surface area contributed by atoms with Gasteiger partial charge in [0.25, 0.3) is 0 Å². The number of ether oxygens (including phenoxy) is 1. The van der Waals surface area contributed by atoms with E-state index in [0.29, 0.717) is 11.8 Å². The molecule has 1 amide bonds. The summed E-state index contributed by atoms with van der Waals surface area (Å²) in [5.74, 6) is 0.996. The minimum atomic E-state index is -0.0932. The van der Waals surface area contributed by atoms with Gasteiger partial charge < -0.3 is 15.4 Å². The SMILES string of the molecule is CNC(=O)C(CC(C)C)NCC(C)COC. The van der Waals surface area contributed by atoms with Crippen molar-refractivity contribution in [2.45, 2.75) is 33.2 Å². The lowest BCUT2D eigenvalue weighted by Crippen LogP contribution is -2.45. The third-order valence-electron chi connectivity index (χ3n) is 2.43. The summed E-state index contributed by atoms with van der Waals surface area (Å²) in [6.45, 7) is 7.87. The molecule has 0 radical (unpaired) electrons. The predicted octanol–water partition coefficient (Wildman–Crippen LogP) is 1.02. The molecule has 0 bridgehead atoms. The molecule has 4 heteroatoms. The molecular weight excluding hydrogens is 204 g/mol. The van der Waals surface area contributed by atoms with Crippen molar-refractivity contribution in [1.82, 2.24) is 10.6 Å². The zero-order valence-corrected chi connectivity index (χ0v) is 11.2. The molecule has 2 N–H and O–H groups in total. The van der Waals surface area contributed by atoms with Gasteiger partial charge in [-0.15, -0.1) is 0 Å². The van der Waals surface area contributed by atoms with E-state index < -0.39 is 0 Å². The van der Waals surface area contributed by atoms with Gasteiger partial charge in [-0.05, 0) is 18.3 Å². The van der Waals surface area contributed by atoms with Crippen molar-refractivity contribution >= 4 is 5.91 Å². The van der Waals surface area contributed by atoms with Crippen LogP contribution in [0.4, 0.5) is 0 Å². The van der Waals surface area contributed by atoms with Crippen LogP contribution < -0.4 is 10.6 Å². The second kappa shape index (κ2) is 8.53. The maximum atomic E-state index is 11.6. The maximum Gasteiger partial charge on any atom is 0.236 e. The van der Waals surface area contributed by atoms with Crippen LogP contribution in [-0.2, 0) is 9.53 Å². The number of likely N-dealkylation sites (N-methyl/N-ethyl adjacent to an activating group) is 1. The van der Waals surface area contributed by atoms with Gasteiger partial charge in [-0.1, -0.05) is 20.8 Å². The molecule has 0 saturated heterocycles. The van der Waals surface area contributed by atoms with Crippen LogP contribution in [0.15, 0.2) is 0 Å². The largest absolute Gasteiger partial charge is 0.384 e. The average Bonchev–Trinajstić information content (AvgIpc) is 2.23. The molecular formula is C12H26N2O2. The fourth-order valence-electron chi connectivity index (χ4n) is 1.62. The summed E-state index contributed by atoms with van der Waals surface area (Å²) >= 11 is 0. The van der Waals surface area contributed by atoms with E-state index in [2.05, 4.69) is 31.4 Å². The second-order valence-corrected chi connectivity index (χ2v) is 4.77. The summed E-state index contributed by atoms with van der Waals surface area (Å²) in [6, 6.07) is -0.0932. The van der Waals surface area contributed by atoms with Gasteiger partial charge in [-0.3, -0.25) is 4.79 Å². The van der Waals surface area contributed by atoms with E-state index in [4.69, 9.17) is 4.74 Å². The van der Waals surface area contributed by atoms with E-state index in [0.717, 1.165) is 19.6 Å². The van der Waals surface area contributed by atoms with E-state index in [1.165, 1.54) is 0 Å². The van der Waals surface area contributed by atoms with E-state index >= 15 is 0 Å². The highest BCUT2D eigenvalue weighted by atomic mass is 16.5. The number of methoxy groups -OCH3 is 1. The van der Waals surface area contributed by atoms with Crippen LogP contribution in [0.1, 0.15) is 27.2 Å². The summed E-state index contributed by atoms with van der Waals surface area (Å²) < 4.78 is 5.06. The molecule has 0 rings (SSSR count). The van der Waals surface area contributed by atoms with Crippen LogP contribution in [0.25, 0.3) is 0 Å². The average molecular weight is 230 g/mol. The van der Waals surface area contributed by atoms with E-state index in [-0.39, 0.29) is 11.9 Å². The van der Waals surface area contributed by atoms with E-state index in [1.807, 2.05) is 0 Å². The standard InChI is InChI=1S/C12H26N2O2/c1-9(2)6-11(12(15)13-4)14-7-10(3)8-16-5/h9-11,14H,6-8H2,1-5H3,(H,13,15). The van der Waals surface area contributed by atoms with Crippen LogP contribution in [0.2, 0.25) is 0 Å². The van der Waals surface area contributed by atoms with Gasteiger partial charge in [0.15, 0.2) is 0 Å². The molecule has 0 aromatic rings. The summed E-state index contributed by atoms with van der Waals surface area (Å²) in [7, 11) is 3.37. The minimum Gasteiger partial charge on any atom is -0.384 e. The Bertz CT molecular complexity index is 195. The van der Waals surface area contributed by atoms with Crippen molar-refractivity contribution in [2.24, 2.45) is 11.8 Å². The molecule has 16 heavy (non-hydrogen) atoms. The number of nitrogens with one attached hydrogen (secondary N) is 2. The van der Waals surface area contributed by atoms with Crippen molar-refractivity contribution in [3.8, 4) is 0 Å². The Morgan fingerprint density at radius 1 is 1.31 bits per heavy atom. The molecule has 2 unspecified atom stereocenters. The topological polar surface area (TPSA) is 50.4 Å². The molecule has 0 spiro atoms. The normalized spacial score (nSPS) is 14.9. The molecule has 0 fully saturated rings. The summed E-state index contributed by atoms with van der Waals surface area (Å²) in [6.07, 6.45) is 0.860. The zero-order valence-electron chi connectivity index (χ0n) is 11.2. The van der Waals surface area contributed by atoms with Crippen LogP contribution in [0.5, 0.6) is 0 Å². The molecule has 0 aliphatic carbocycles. The number of carbonyl (C=O) groups is 1. The van der Waals surface area contributed by atoms with Gasteiger partial charge in [-0.25, -0.2) is 0 Å². The lowest BCUT2D eigenvalue weighted by Gasteiger charge is -2.21. The number of hydrogen-bond acceptors (Lipinski definition) is 3. The fraction of sp³-hybridized carbons (Fsp3) is 0.917. The summed E-state index contributed by atoms with van der Waals surface area (Å²) in [5, 5.41) is 5.99. The maximum absolute atomic E-state index is 11.6. The molecule has 2 atom stereocenters. The van der Waals surface area contributed by atoms with Gasteiger partial charge in [0.1, 0.15) is 0 Å². The van der Waals surface area contributed by atoms with Crippen LogP contribution in [0.3, 0.4) is 0 Å². The number of hydrogen-bond donors (Lipinski definition) is 2. The minimum absolute atomic E-state index is 0.0679. The van der Waals surface area contributed by atoms with Gasteiger partial charge >= 0.3 is 0 Å². The van der Waals surface area contributed by atoms with Crippen LogP contribution in [0, 0.1) is 11.8 Å². The number of carbonyl (C=O) groups excluding carboxylic acids is 1. The van der Waals surface area contributed by atoms with Crippen molar-refractivity contribution < 1.29 is 9.53 Å². The van der Waals surface area contributed by atoms with Gasteiger partial charge in [0.2, 0.25) is 5.91 Å². The Labute approximate surface area is 99.1 Å². The van der Waals surface area contributed by atoms with E-state index in [9.17, 15) is 4.79 Å². The lowest BCUT2D eigenvalue weighted by molar-refractivity contribution is -0.123. The first-order valence-corrected chi connectivity index (χ1v) is 5.95. The van der Waals surface area contributed by atoms with Crippen molar-refractivity contribution in [2.75, 3.05) is 27.3 Å². The predicted molar refractivity (Wildman–Crippen MR) is 66.4 cm³/mol. The molecule has 0 heterocycles. The van der Waals surface area contributed by atoms with Crippen molar-refractivity contribution in [3.05, 3.63) is 0 Å². The Hall–Kier alpha value is -0.610. The highest BCUT2D eigenvalue weighted by Crippen LogP contribution is 2.05. The molecule has 0 aliphatic heterocycles. The molecule has 0 saturated carbocycles. The van der Waals surface area contributed by atoms with Crippen molar-refractivity contribution in [3.63, 3.8) is 0 Å². The number of rotatable bonds is 8. The molecule has 0 aliphatic rings. The first-order chi connectivity index (χ1) is 7.51. The van der Waals surface area contributed by atoms with Crippen molar-refractivity contribution in [1.29, 1.82) is 0 Å². The Balaban J connectivity index is 4.05. The molecule has 0 aromatic heterocycles. The first-order valence-electron chi connectivity index (χ1n) is 5.95.